The molecular weight excluding hydrogens is 432 g/mol. The summed E-state index contributed by atoms with van der Waals surface area (Å²) in [6.45, 7) is 11.7. The maximum absolute atomic E-state index is 11.4. The van der Waals surface area contributed by atoms with E-state index in [9.17, 15) is 14.7 Å². The molecule has 0 heterocycles. The molecule has 0 saturated carbocycles. The Morgan fingerprint density at radius 2 is 1.32 bits per heavy atom. The molecule has 2 atom stereocenters. The Hall–Kier alpha value is -3.10. The predicted octanol–water partition coefficient (Wildman–Crippen LogP) is 4.68. The minimum Gasteiger partial charge on any atom is -0.465 e. The number of ether oxygens (including phenoxy) is 1. The first-order chi connectivity index (χ1) is 15.7. The maximum atomic E-state index is 11.4. The summed E-state index contributed by atoms with van der Waals surface area (Å²) >= 11 is 0. The molecule has 6 N–H and O–H groups in total. The number of nitrogens with one attached hydrogen (secondary N) is 1. The number of carbonyl (C=O) groups excluding carboxylic acids is 1. The van der Waals surface area contributed by atoms with Crippen molar-refractivity contribution < 1.29 is 19.4 Å². The molecule has 0 fully saturated rings. The van der Waals surface area contributed by atoms with Gasteiger partial charge < -0.3 is 31.5 Å². The Bertz CT molecular complexity index is 875. The van der Waals surface area contributed by atoms with E-state index >= 15 is 0 Å². The Labute approximate surface area is 203 Å². The third kappa shape index (κ3) is 11.2. The number of hydrogen-bond donors (Lipinski definition) is 4. The van der Waals surface area contributed by atoms with Crippen LogP contribution in [-0.2, 0) is 4.74 Å². The van der Waals surface area contributed by atoms with Crippen LogP contribution >= 0.6 is 0 Å². The van der Waals surface area contributed by atoms with Crippen LogP contribution in [0.5, 0.6) is 0 Å². The van der Waals surface area contributed by atoms with Crippen molar-refractivity contribution >= 4 is 12.2 Å². The molecule has 0 bridgehead atoms. The van der Waals surface area contributed by atoms with Gasteiger partial charge in [-0.25, -0.2) is 9.59 Å². The van der Waals surface area contributed by atoms with Gasteiger partial charge in [-0.2, -0.15) is 0 Å². The van der Waals surface area contributed by atoms with E-state index in [1.165, 1.54) is 4.90 Å². The molecule has 2 aromatic carbocycles. The van der Waals surface area contributed by atoms with Gasteiger partial charge in [0.2, 0.25) is 0 Å². The quantitative estimate of drug-likeness (QED) is 0.483. The summed E-state index contributed by atoms with van der Waals surface area (Å²) in [6.07, 6.45) is -1.38. The second-order valence-electron chi connectivity index (χ2n) is 9.98. The highest BCUT2D eigenvalue weighted by Crippen LogP contribution is 2.19. The summed E-state index contributed by atoms with van der Waals surface area (Å²) in [5, 5.41) is 11.8. The van der Waals surface area contributed by atoms with Gasteiger partial charge in [0.25, 0.3) is 0 Å². The highest BCUT2D eigenvalue weighted by atomic mass is 16.6. The largest absolute Gasteiger partial charge is 0.465 e. The van der Waals surface area contributed by atoms with Crippen molar-refractivity contribution in [3.63, 3.8) is 0 Å². The van der Waals surface area contributed by atoms with Crippen molar-refractivity contribution in [2.24, 2.45) is 11.5 Å². The number of nitrogens with two attached hydrogens (primary N) is 2. The third-order valence-corrected chi connectivity index (χ3v) is 4.74. The highest BCUT2D eigenvalue weighted by Gasteiger charge is 2.28. The van der Waals surface area contributed by atoms with Crippen LogP contribution in [0.1, 0.15) is 64.8 Å². The first kappa shape index (κ1) is 28.9. The molecule has 0 saturated heterocycles. The highest BCUT2D eigenvalue weighted by molar-refractivity contribution is 5.67. The monoisotopic (exact) mass is 472 g/mol. The van der Waals surface area contributed by atoms with Crippen molar-refractivity contribution in [1.82, 2.24) is 10.2 Å². The Balaban J connectivity index is 0.000000340. The number of benzene rings is 2. The molecule has 2 unspecified atom stereocenters. The Morgan fingerprint density at radius 1 is 0.882 bits per heavy atom. The second-order valence-corrected chi connectivity index (χ2v) is 9.98. The van der Waals surface area contributed by atoms with Gasteiger partial charge in [-0.15, -0.1) is 0 Å². The third-order valence-electron chi connectivity index (χ3n) is 4.74. The van der Waals surface area contributed by atoms with Crippen LogP contribution in [-0.4, -0.2) is 46.4 Å². The van der Waals surface area contributed by atoms with Crippen LogP contribution < -0.4 is 16.8 Å². The van der Waals surface area contributed by atoms with Gasteiger partial charge in [-0.05, 0) is 52.7 Å². The van der Waals surface area contributed by atoms with E-state index < -0.39 is 23.3 Å². The van der Waals surface area contributed by atoms with Gasteiger partial charge in [-0.1, -0.05) is 60.7 Å². The lowest BCUT2D eigenvalue weighted by Crippen LogP contribution is -2.48. The standard InChI is InChI=1S/2C13H20N2O2/c1-13(2,3)17-12(16)15-9-11(14)10-7-5-4-6-8-10;1-13(2,3)15(12(16)17)9-11(14)10-7-5-4-6-8-10/h4-8,11H,9,14H2,1-3H3,(H,15,16);4-8,11H,9,14H2,1-3H3,(H,16,17). The summed E-state index contributed by atoms with van der Waals surface area (Å²) in [5.41, 5.74) is 13.0. The number of carboxylic acid groups (broad SMARTS) is 1. The number of nitrogens with zero attached hydrogens (tertiary/aromatic N) is 1. The topological polar surface area (TPSA) is 131 Å². The van der Waals surface area contributed by atoms with Crippen molar-refractivity contribution in [3.05, 3.63) is 71.8 Å². The summed E-state index contributed by atoms with van der Waals surface area (Å²) in [7, 11) is 0. The molecule has 188 valence electrons. The van der Waals surface area contributed by atoms with Crippen LogP contribution in [0.15, 0.2) is 60.7 Å². The summed E-state index contributed by atoms with van der Waals surface area (Å²) in [5.74, 6) is 0. The smallest absolute Gasteiger partial charge is 0.407 e. The van der Waals surface area contributed by atoms with Gasteiger partial charge in [0, 0.05) is 30.7 Å². The van der Waals surface area contributed by atoms with E-state index in [-0.39, 0.29) is 12.1 Å². The second kappa shape index (κ2) is 13.0. The van der Waals surface area contributed by atoms with Gasteiger partial charge in [-0.3, -0.25) is 0 Å². The van der Waals surface area contributed by atoms with Gasteiger partial charge in [0.05, 0.1) is 0 Å². The molecule has 2 aromatic rings. The van der Waals surface area contributed by atoms with E-state index in [1.54, 1.807) is 0 Å². The van der Waals surface area contributed by atoms with E-state index in [0.29, 0.717) is 13.1 Å². The van der Waals surface area contributed by atoms with Crippen LogP contribution in [0.4, 0.5) is 9.59 Å². The number of hydrogen-bond acceptors (Lipinski definition) is 5. The lowest BCUT2D eigenvalue weighted by atomic mass is 10.0. The molecule has 0 spiro atoms. The van der Waals surface area contributed by atoms with E-state index in [2.05, 4.69) is 5.32 Å². The molecule has 0 aromatic heterocycles. The number of carbonyl (C=O) groups is 2. The van der Waals surface area contributed by atoms with E-state index in [4.69, 9.17) is 16.2 Å². The van der Waals surface area contributed by atoms with Gasteiger partial charge >= 0.3 is 12.2 Å². The zero-order valence-electron chi connectivity index (χ0n) is 21.1. The van der Waals surface area contributed by atoms with E-state index in [0.717, 1.165) is 11.1 Å². The molecule has 34 heavy (non-hydrogen) atoms. The van der Waals surface area contributed by atoms with Crippen molar-refractivity contribution in [2.75, 3.05) is 13.1 Å². The van der Waals surface area contributed by atoms with Gasteiger partial charge in [0.1, 0.15) is 5.60 Å². The summed E-state index contributed by atoms with van der Waals surface area (Å²) in [6, 6.07) is 18.6. The molecular formula is C26H40N4O4. The average Bonchev–Trinajstić information content (AvgIpc) is 2.75. The molecule has 2 rings (SSSR count). The first-order valence-corrected chi connectivity index (χ1v) is 11.3. The number of alkyl carbamates (subject to hydrolysis) is 1. The van der Waals surface area contributed by atoms with Crippen molar-refractivity contribution in [1.29, 1.82) is 0 Å². The molecule has 0 aliphatic rings. The summed E-state index contributed by atoms with van der Waals surface area (Å²) in [4.78, 5) is 24.0. The normalized spacial score (nSPS) is 13.1. The van der Waals surface area contributed by atoms with Crippen LogP contribution in [0.25, 0.3) is 0 Å². The fraction of sp³-hybridized carbons (Fsp3) is 0.462. The van der Waals surface area contributed by atoms with Crippen LogP contribution in [0.2, 0.25) is 0 Å². The molecule has 0 aliphatic carbocycles. The predicted molar refractivity (Wildman–Crippen MR) is 135 cm³/mol. The fourth-order valence-electron chi connectivity index (χ4n) is 2.97. The van der Waals surface area contributed by atoms with Crippen molar-refractivity contribution in [3.8, 4) is 0 Å². The lowest BCUT2D eigenvalue weighted by molar-refractivity contribution is 0.0524. The minimum absolute atomic E-state index is 0.219. The lowest BCUT2D eigenvalue weighted by Gasteiger charge is -2.35. The Kier molecular flexibility index (Phi) is 11.0. The average molecular weight is 473 g/mol. The molecule has 8 nitrogen and oxygen atoms in total. The zero-order valence-corrected chi connectivity index (χ0v) is 21.1. The fourth-order valence-corrected chi connectivity index (χ4v) is 2.97. The maximum Gasteiger partial charge on any atom is 0.407 e. The van der Waals surface area contributed by atoms with Crippen LogP contribution in [0, 0.1) is 0 Å². The minimum atomic E-state index is -0.941. The number of amides is 2. The van der Waals surface area contributed by atoms with Crippen LogP contribution in [0.3, 0.4) is 0 Å². The zero-order chi connectivity index (χ0) is 25.9. The van der Waals surface area contributed by atoms with E-state index in [1.807, 2.05) is 102 Å². The molecule has 8 heteroatoms. The number of rotatable bonds is 6. The Morgan fingerprint density at radius 3 is 1.71 bits per heavy atom. The molecule has 2 amide bonds. The summed E-state index contributed by atoms with van der Waals surface area (Å²) < 4.78 is 5.12. The first-order valence-electron chi connectivity index (χ1n) is 11.3. The molecule has 0 aliphatic heterocycles. The van der Waals surface area contributed by atoms with Crippen molar-refractivity contribution in [2.45, 2.75) is 64.8 Å². The molecule has 0 radical (unpaired) electrons. The SMILES string of the molecule is CC(C)(C)N(CC(N)c1ccccc1)C(=O)O.CC(C)(C)OC(=O)NCC(N)c1ccccc1. The van der Waals surface area contributed by atoms with Gasteiger partial charge in [0.15, 0.2) is 0 Å².